The molecular formula is C14H27NO3. The van der Waals surface area contributed by atoms with Crippen LogP contribution in [0.3, 0.4) is 0 Å². The molecule has 1 rings (SSSR count). The summed E-state index contributed by atoms with van der Waals surface area (Å²) in [5.74, 6) is -0.0853. The summed E-state index contributed by atoms with van der Waals surface area (Å²) in [5, 5.41) is 9.39. The summed E-state index contributed by atoms with van der Waals surface area (Å²) < 4.78 is 5.57. The van der Waals surface area contributed by atoms with Crippen molar-refractivity contribution in [1.82, 2.24) is 4.90 Å². The molecule has 1 aliphatic heterocycles. The molecule has 1 aliphatic rings. The maximum Gasteiger partial charge on any atom is 0.310 e. The first-order valence-corrected chi connectivity index (χ1v) is 7.03. The molecule has 0 aromatic rings. The van der Waals surface area contributed by atoms with Gasteiger partial charge in [-0.2, -0.15) is 0 Å². The monoisotopic (exact) mass is 257 g/mol. The van der Waals surface area contributed by atoms with Crippen molar-refractivity contribution < 1.29 is 14.6 Å². The minimum Gasteiger partial charge on any atom is -0.481 e. The first-order valence-electron chi connectivity index (χ1n) is 7.03. The quantitative estimate of drug-likeness (QED) is 0.711. The molecule has 1 fully saturated rings. The predicted molar refractivity (Wildman–Crippen MR) is 71.7 cm³/mol. The second-order valence-electron chi connectivity index (χ2n) is 5.79. The molecule has 1 heterocycles. The first-order chi connectivity index (χ1) is 8.50. The molecule has 106 valence electrons. The molecule has 1 N–H and O–H groups in total. The van der Waals surface area contributed by atoms with Gasteiger partial charge < -0.3 is 9.84 Å². The van der Waals surface area contributed by atoms with Crippen molar-refractivity contribution in [2.45, 2.75) is 40.0 Å². The number of ether oxygens (including phenoxy) is 1. The Hall–Kier alpha value is -0.610. The number of hydrogen-bond donors (Lipinski definition) is 1. The van der Waals surface area contributed by atoms with Gasteiger partial charge in [0.1, 0.15) is 0 Å². The average Bonchev–Trinajstić information content (AvgIpc) is 2.34. The highest BCUT2D eigenvalue weighted by Crippen LogP contribution is 2.33. The minimum absolute atomic E-state index is 0.531. The lowest BCUT2D eigenvalue weighted by molar-refractivity contribution is -0.153. The van der Waals surface area contributed by atoms with Crippen LogP contribution < -0.4 is 0 Å². The van der Waals surface area contributed by atoms with Gasteiger partial charge in [0.15, 0.2) is 0 Å². The standard InChI is InChI=1S/C14H27NO3/c1-4-14(13(16)17)6-5-7-15(11-14)8-9-18-10-12(2)3/h12H,4-11H2,1-3H3,(H,16,17). The van der Waals surface area contributed by atoms with Crippen LogP contribution in [-0.4, -0.2) is 48.8 Å². The fourth-order valence-electron chi connectivity index (χ4n) is 2.55. The Morgan fingerprint density at radius 1 is 1.50 bits per heavy atom. The number of rotatable bonds is 7. The Morgan fingerprint density at radius 3 is 2.78 bits per heavy atom. The zero-order valence-electron chi connectivity index (χ0n) is 11.9. The first kappa shape index (κ1) is 15.4. The highest BCUT2D eigenvalue weighted by atomic mass is 16.5. The lowest BCUT2D eigenvalue weighted by atomic mass is 9.78. The van der Waals surface area contributed by atoms with Gasteiger partial charge in [0.05, 0.1) is 12.0 Å². The van der Waals surface area contributed by atoms with Gasteiger partial charge in [-0.15, -0.1) is 0 Å². The van der Waals surface area contributed by atoms with Crippen LogP contribution in [0.5, 0.6) is 0 Å². The number of aliphatic carboxylic acids is 1. The SMILES string of the molecule is CCC1(C(=O)O)CCCN(CCOCC(C)C)C1. The third-order valence-electron chi connectivity index (χ3n) is 3.79. The van der Waals surface area contributed by atoms with Crippen LogP contribution in [0.1, 0.15) is 40.0 Å². The zero-order valence-corrected chi connectivity index (χ0v) is 11.9. The van der Waals surface area contributed by atoms with E-state index in [1.807, 2.05) is 6.92 Å². The summed E-state index contributed by atoms with van der Waals surface area (Å²) in [6.45, 7) is 10.3. The molecular weight excluding hydrogens is 230 g/mol. The van der Waals surface area contributed by atoms with E-state index in [9.17, 15) is 9.90 Å². The van der Waals surface area contributed by atoms with Crippen LogP contribution in [0.4, 0.5) is 0 Å². The fourth-order valence-corrected chi connectivity index (χ4v) is 2.55. The number of nitrogens with zero attached hydrogens (tertiary/aromatic N) is 1. The molecule has 0 spiro atoms. The number of hydrogen-bond acceptors (Lipinski definition) is 3. The predicted octanol–water partition coefficient (Wildman–Crippen LogP) is 2.24. The van der Waals surface area contributed by atoms with Gasteiger partial charge in [0, 0.05) is 19.7 Å². The van der Waals surface area contributed by atoms with Gasteiger partial charge in [-0.1, -0.05) is 20.8 Å². The number of likely N-dealkylation sites (tertiary alicyclic amines) is 1. The van der Waals surface area contributed by atoms with Gasteiger partial charge >= 0.3 is 5.97 Å². The molecule has 4 nitrogen and oxygen atoms in total. The summed E-state index contributed by atoms with van der Waals surface area (Å²) in [7, 11) is 0. The van der Waals surface area contributed by atoms with Crippen LogP contribution in [-0.2, 0) is 9.53 Å². The van der Waals surface area contributed by atoms with Crippen molar-refractivity contribution in [3.8, 4) is 0 Å². The van der Waals surface area contributed by atoms with Gasteiger partial charge in [-0.3, -0.25) is 9.69 Å². The van der Waals surface area contributed by atoms with Gasteiger partial charge in [0.25, 0.3) is 0 Å². The normalized spacial score (nSPS) is 25.6. The molecule has 0 saturated carbocycles. The summed E-state index contributed by atoms with van der Waals surface area (Å²) >= 11 is 0. The molecule has 0 amide bonds. The summed E-state index contributed by atoms with van der Waals surface area (Å²) in [5.41, 5.74) is -0.531. The summed E-state index contributed by atoms with van der Waals surface area (Å²) in [4.78, 5) is 13.7. The molecule has 1 atom stereocenters. The van der Waals surface area contributed by atoms with E-state index in [4.69, 9.17) is 4.74 Å². The molecule has 4 heteroatoms. The van der Waals surface area contributed by atoms with Crippen LogP contribution >= 0.6 is 0 Å². The van der Waals surface area contributed by atoms with Crippen molar-refractivity contribution in [2.24, 2.45) is 11.3 Å². The van der Waals surface area contributed by atoms with Crippen LogP contribution in [0.15, 0.2) is 0 Å². The van der Waals surface area contributed by atoms with E-state index in [0.29, 0.717) is 25.5 Å². The van der Waals surface area contributed by atoms with E-state index in [0.717, 1.165) is 32.5 Å². The van der Waals surface area contributed by atoms with E-state index >= 15 is 0 Å². The largest absolute Gasteiger partial charge is 0.481 e. The van der Waals surface area contributed by atoms with Gasteiger partial charge in [-0.25, -0.2) is 0 Å². The van der Waals surface area contributed by atoms with Crippen LogP contribution in [0.2, 0.25) is 0 Å². The van der Waals surface area contributed by atoms with Crippen molar-refractivity contribution in [3.63, 3.8) is 0 Å². The molecule has 0 aliphatic carbocycles. The van der Waals surface area contributed by atoms with E-state index in [1.54, 1.807) is 0 Å². The topological polar surface area (TPSA) is 49.8 Å². The van der Waals surface area contributed by atoms with Crippen molar-refractivity contribution in [1.29, 1.82) is 0 Å². The Bertz CT molecular complexity index is 268. The van der Waals surface area contributed by atoms with E-state index in [-0.39, 0.29) is 0 Å². The third-order valence-corrected chi connectivity index (χ3v) is 3.79. The third kappa shape index (κ3) is 4.25. The highest BCUT2D eigenvalue weighted by molar-refractivity contribution is 5.75. The molecule has 1 saturated heterocycles. The maximum absolute atomic E-state index is 11.4. The maximum atomic E-state index is 11.4. The Balaban J connectivity index is 2.37. The Labute approximate surface area is 110 Å². The molecule has 1 unspecified atom stereocenters. The zero-order chi connectivity index (χ0) is 13.6. The van der Waals surface area contributed by atoms with E-state index in [2.05, 4.69) is 18.7 Å². The lowest BCUT2D eigenvalue weighted by Gasteiger charge is -2.39. The number of carbonyl (C=O) groups is 1. The molecule has 0 radical (unpaired) electrons. The van der Waals surface area contributed by atoms with E-state index < -0.39 is 11.4 Å². The van der Waals surface area contributed by atoms with Crippen molar-refractivity contribution in [2.75, 3.05) is 32.8 Å². The van der Waals surface area contributed by atoms with Crippen molar-refractivity contribution >= 4 is 5.97 Å². The van der Waals surface area contributed by atoms with Gasteiger partial charge in [-0.05, 0) is 31.7 Å². The average molecular weight is 257 g/mol. The van der Waals surface area contributed by atoms with Gasteiger partial charge in [0.2, 0.25) is 0 Å². The number of piperidine rings is 1. The van der Waals surface area contributed by atoms with E-state index in [1.165, 1.54) is 0 Å². The fraction of sp³-hybridized carbons (Fsp3) is 0.929. The van der Waals surface area contributed by atoms with Crippen LogP contribution in [0.25, 0.3) is 0 Å². The van der Waals surface area contributed by atoms with Crippen molar-refractivity contribution in [3.05, 3.63) is 0 Å². The number of carboxylic acids is 1. The summed E-state index contributed by atoms with van der Waals surface area (Å²) in [6.07, 6.45) is 2.50. The molecule has 0 aromatic carbocycles. The smallest absolute Gasteiger partial charge is 0.310 e. The summed E-state index contributed by atoms with van der Waals surface area (Å²) in [6, 6.07) is 0. The second-order valence-corrected chi connectivity index (χ2v) is 5.79. The van der Waals surface area contributed by atoms with Crippen LogP contribution in [0, 0.1) is 11.3 Å². The Kier molecular flexibility index (Phi) is 6.09. The second kappa shape index (κ2) is 7.10. The lowest BCUT2D eigenvalue weighted by Crippen LogP contribution is -2.48. The Morgan fingerprint density at radius 2 is 2.22 bits per heavy atom. The number of carboxylic acid groups (broad SMARTS) is 1. The highest BCUT2D eigenvalue weighted by Gasteiger charge is 2.40. The molecule has 18 heavy (non-hydrogen) atoms. The minimum atomic E-state index is -0.641. The molecule has 0 bridgehead atoms. The molecule has 0 aromatic heterocycles.